The minimum absolute atomic E-state index is 0.268. The van der Waals surface area contributed by atoms with Gasteiger partial charge >= 0.3 is 5.97 Å². The second-order valence-corrected chi connectivity index (χ2v) is 8.95. The zero-order chi connectivity index (χ0) is 19.5. The number of aliphatic hydroxyl groups is 1. The van der Waals surface area contributed by atoms with E-state index >= 15 is 0 Å². The second kappa shape index (κ2) is 8.19. The van der Waals surface area contributed by atoms with Crippen LogP contribution in [0.5, 0.6) is 0 Å². The molecule has 0 bridgehead atoms. The maximum absolute atomic E-state index is 12.6. The summed E-state index contributed by atoms with van der Waals surface area (Å²) >= 11 is 0. The zero-order valence-electron chi connectivity index (χ0n) is 15.3. The largest absolute Gasteiger partial charge is 0.457 e. The lowest BCUT2D eigenvalue weighted by Gasteiger charge is -2.21. The molecule has 2 fully saturated rings. The number of allylic oxidation sites excluding steroid dienone is 2. The molecule has 2 rings (SSSR count). The molecule has 2 N–H and O–H groups in total. The lowest BCUT2D eigenvalue weighted by molar-refractivity contribution is -0.150. The topological polar surface area (TPSA) is 118 Å². The van der Waals surface area contributed by atoms with Crippen LogP contribution in [0.2, 0.25) is 0 Å². The highest BCUT2D eigenvalue weighted by molar-refractivity contribution is 7.86. The van der Waals surface area contributed by atoms with E-state index in [1.807, 2.05) is 0 Å². The van der Waals surface area contributed by atoms with Gasteiger partial charge in [0.1, 0.15) is 16.8 Å². The van der Waals surface area contributed by atoms with E-state index in [4.69, 9.17) is 4.74 Å². The molecule has 1 heterocycles. The number of ketones is 1. The Labute approximate surface area is 154 Å². The molecule has 0 radical (unpaired) electrons. The molecule has 1 aliphatic heterocycles. The Hall–Kier alpha value is -1.25. The predicted molar refractivity (Wildman–Crippen MR) is 95.0 cm³/mol. The Kier molecular flexibility index (Phi) is 6.63. The molecule has 0 spiro atoms. The number of cyclic esters (lactones) is 1. The predicted octanol–water partition coefficient (Wildman–Crippen LogP) is 2.19. The van der Waals surface area contributed by atoms with E-state index in [0.29, 0.717) is 6.42 Å². The molecule has 148 valence electrons. The molecule has 0 unspecified atom stereocenters. The molecule has 1 saturated carbocycles. The third-order valence-electron chi connectivity index (χ3n) is 5.19. The lowest BCUT2D eigenvalue weighted by atomic mass is 9.92. The first-order valence-electron chi connectivity index (χ1n) is 9.22. The van der Waals surface area contributed by atoms with Crippen LogP contribution in [0.25, 0.3) is 0 Å². The highest BCUT2D eigenvalue weighted by Gasteiger charge is 2.65. The summed E-state index contributed by atoms with van der Waals surface area (Å²) in [7, 11) is -4.74. The molecule has 7 nitrogen and oxygen atoms in total. The first-order chi connectivity index (χ1) is 12.1. The molecular formula is C18H28O7S. The normalized spacial score (nSPS) is 28.1. The monoisotopic (exact) mass is 388 g/mol. The van der Waals surface area contributed by atoms with Gasteiger partial charge in [-0.1, -0.05) is 38.7 Å². The Morgan fingerprint density at radius 2 is 1.88 bits per heavy atom. The Morgan fingerprint density at radius 1 is 1.27 bits per heavy atom. The standard InChI is InChI=1S/C18H28O7S/c1-3-4-5-6-7-8-9-12(2)14(19)13-15(26(22,23)24)16(25-17(13)20)18(21)10-11-18/h9,13,15-16,21H,3-8,10-11H2,1-2H3,(H,22,23,24)/b12-9+/t13-,15-,16+/m1/s1. The average Bonchev–Trinajstić information content (AvgIpc) is 3.19. The highest BCUT2D eigenvalue weighted by Crippen LogP contribution is 2.47. The Bertz CT molecular complexity index is 676. The number of Topliss-reactive ketones (excluding diaryl/α,β-unsaturated/α-hetero) is 1. The summed E-state index contributed by atoms with van der Waals surface area (Å²) in [5, 5.41) is 8.42. The summed E-state index contributed by atoms with van der Waals surface area (Å²) in [6.07, 6.45) is 6.86. The van der Waals surface area contributed by atoms with Gasteiger partial charge < -0.3 is 9.84 Å². The number of rotatable bonds is 10. The first kappa shape index (κ1) is 21.1. The molecule has 1 saturated heterocycles. The van der Waals surface area contributed by atoms with Crippen LogP contribution in [0, 0.1) is 5.92 Å². The number of hydrogen-bond donors (Lipinski definition) is 2. The molecule has 0 aromatic heterocycles. The summed E-state index contributed by atoms with van der Waals surface area (Å²) < 4.78 is 38.2. The Morgan fingerprint density at radius 3 is 2.42 bits per heavy atom. The molecule has 8 heteroatoms. The second-order valence-electron chi connectivity index (χ2n) is 7.37. The number of ether oxygens (including phenoxy) is 1. The van der Waals surface area contributed by atoms with Crippen molar-refractivity contribution in [2.75, 3.05) is 0 Å². The van der Waals surface area contributed by atoms with Crippen LogP contribution in [0.4, 0.5) is 0 Å². The molecule has 0 aromatic rings. The van der Waals surface area contributed by atoms with E-state index in [1.165, 1.54) is 6.92 Å². The average molecular weight is 388 g/mol. The van der Waals surface area contributed by atoms with Gasteiger partial charge in [-0.15, -0.1) is 0 Å². The van der Waals surface area contributed by atoms with E-state index in [2.05, 4.69) is 6.92 Å². The summed E-state index contributed by atoms with van der Waals surface area (Å²) in [6.45, 7) is 3.66. The van der Waals surface area contributed by atoms with Gasteiger partial charge in [-0.3, -0.25) is 14.1 Å². The van der Waals surface area contributed by atoms with Crippen molar-refractivity contribution in [3.8, 4) is 0 Å². The van der Waals surface area contributed by atoms with Crippen LogP contribution in [0.1, 0.15) is 65.2 Å². The zero-order valence-corrected chi connectivity index (χ0v) is 16.1. The van der Waals surface area contributed by atoms with Gasteiger partial charge in [-0.05, 0) is 38.2 Å². The number of carbonyl (C=O) groups is 2. The minimum atomic E-state index is -4.74. The molecule has 1 aliphatic carbocycles. The van der Waals surface area contributed by atoms with E-state index < -0.39 is 44.7 Å². The van der Waals surface area contributed by atoms with Gasteiger partial charge in [0.05, 0.1) is 0 Å². The minimum Gasteiger partial charge on any atom is -0.457 e. The summed E-state index contributed by atoms with van der Waals surface area (Å²) in [4.78, 5) is 24.8. The summed E-state index contributed by atoms with van der Waals surface area (Å²) in [5.74, 6) is -3.30. The highest BCUT2D eigenvalue weighted by atomic mass is 32.2. The van der Waals surface area contributed by atoms with Crippen molar-refractivity contribution in [1.82, 2.24) is 0 Å². The van der Waals surface area contributed by atoms with Crippen LogP contribution in [-0.2, 0) is 24.4 Å². The first-order valence-corrected chi connectivity index (χ1v) is 10.7. The quantitative estimate of drug-likeness (QED) is 0.194. The molecule has 0 amide bonds. The number of esters is 1. The van der Waals surface area contributed by atoms with Crippen molar-refractivity contribution in [3.63, 3.8) is 0 Å². The van der Waals surface area contributed by atoms with Crippen molar-refractivity contribution in [2.24, 2.45) is 5.92 Å². The molecule has 0 aromatic carbocycles. The molecule has 2 aliphatic rings. The fourth-order valence-corrected chi connectivity index (χ4v) is 4.60. The van der Waals surface area contributed by atoms with E-state index in [0.717, 1.165) is 32.1 Å². The van der Waals surface area contributed by atoms with Crippen molar-refractivity contribution in [1.29, 1.82) is 0 Å². The van der Waals surface area contributed by atoms with Crippen LogP contribution in [0.3, 0.4) is 0 Å². The SMILES string of the molecule is CCCCCCC/C=C(\C)C(=O)[C@H]1C(=O)O[C@H](C2(O)CC2)[C@@H]1S(=O)(=O)O. The van der Waals surface area contributed by atoms with Gasteiger partial charge in [-0.2, -0.15) is 8.42 Å². The maximum Gasteiger partial charge on any atom is 0.318 e. The number of hydrogen-bond acceptors (Lipinski definition) is 6. The number of carbonyl (C=O) groups excluding carboxylic acids is 2. The summed E-state index contributed by atoms with van der Waals surface area (Å²) in [5.41, 5.74) is -1.19. The van der Waals surface area contributed by atoms with Crippen LogP contribution in [-0.4, -0.2) is 46.8 Å². The third-order valence-corrected chi connectivity index (χ3v) is 6.40. The fourth-order valence-electron chi connectivity index (χ4n) is 3.40. The van der Waals surface area contributed by atoms with Gasteiger partial charge in [0.25, 0.3) is 10.1 Å². The van der Waals surface area contributed by atoms with Crippen LogP contribution >= 0.6 is 0 Å². The third kappa shape index (κ3) is 4.72. The van der Waals surface area contributed by atoms with E-state index in [-0.39, 0.29) is 18.4 Å². The van der Waals surface area contributed by atoms with Crippen LogP contribution in [0.15, 0.2) is 11.6 Å². The van der Waals surface area contributed by atoms with Crippen LogP contribution < -0.4 is 0 Å². The molecular weight excluding hydrogens is 360 g/mol. The van der Waals surface area contributed by atoms with Crippen molar-refractivity contribution in [3.05, 3.63) is 11.6 Å². The fraction of sp³-hybridized carbons (Fsp3) is 0.778. The summed E-state index contributed by atoms with van der Waals surface area (Å²) in [6, 6.07) is 0. The molecule has 3 atom stereocenters. The van der Waals surface area contributed by atoms with Crippen molar-refractivity contribution >= 4 is 21.9 Å². The van der Waals surface area contributed by atoms with E-state index in [9.17, 15) is 27.7 Å². The molecule has 26 heavy (non-hydrogen) atoms. The lowest BCUT2D eigenvalue weighted by Crippen LogP contribution is -2.45. The van der Waals surface area contributed by atoms with Gasteiger partial charge in [0.2, 0.25) is 0 Å². The van der Waals surface area contributed by atoms with E-state index in [1.54, 1.807) is 6.08 Å². The van der Waals surface area contributed by atoms with Gasteiger partial charge in [0, 0.05) is 0 Å². The van der Waals surface area contributed by atoms with Crippen molar-refractivity contribution < 1.29 is 32.4 Å². The van der Waals surface area contributed by atoms with Crippen molar-refractivity contribution in [2.45, 2.75) is 82.2 Å². The maximum atomic E-state index is 12.6. The van der Waals surface area contributed by atoms with Gasteiger partial charge in [-0.25, -0.2) is 0 Å². The number of unbranched alkanes of at least 4 members (excludes halogenated alkanes) is 5. The smallest absolute Gasteiger partial charge is 0.318 e. The Balaban J connectivity index is 2.09. The van der Waals surface area contributed by atoms with Gasteiger partial charge in [0.15, 0.2) is 11.9 Å².